The predicted molar refractivity (Wildman–Crippen MR) is 173 cm³/mol. The number of anilines is 2. The van der Waals surface area contributed by atoms with E-state index < -0.39 is 0 Å². The lowest BCUT2D eigenvalue weighted by molar-refractivity contribution is -0.0290. The summed E-state index contributed by atoms with van der Waals surface area (Å²) in [5, 5.41) is 2.88. The molecule has 8 nitrogen and oxygen atoms in total. The number of urea groups is 1. The van der Waals surface area contributed by atoms with E-state index in [0.29, 0.717) is 30.8 Å². The van der Waals surface area contributed by atoms with Crippen LogP contribution >= 0.6 is 0 Å². The zero-order valence-electron chi connectivity index (χ0n) is 25.3. The normalized spacial score (nSPS) is 18.7. The molecule has 2 heterocycles. The van der Waals surface area contributed by atoms with Crippen LogP contribution in [-0.2, 0) is 4.74 Å². The molecule has 4 aromatic carbocycles. The van der Waals surface area contributed by atoms with Crippen molar-refractivity contribution < 1.29 is 23.5 Å². The van der Waals surface area contributed by atoms with Crippen molar-refractivity contribution in [2.24, 2.45) is 0 Å². The summed E-state index contributed by atoms with van der Waals surface area (Å²) in [5.74, 6) is 0.0835. The minimum Gasteiger partial charge on any atom is -0.497 e. The minimum atomic E-state index is -0.389. The number of esters is 1. The molecule has 9 heteroatoms. The summed E-state index contributed by atoms with van der Waals surface area (Å²) in [4.78, 5) is 33.2. The van der Waals surface area contributed by atoms with E-state index in [9.17, 15) is 14.0 Å². The van der Waals surface area contributed by atoms with Crippen molar-refractivity contribution in [3.63, 3.8) is 0 Å². The van der Waals surface area contributed by atoms with Crippen molar-refractivity contribution in [3.05, 3.63) is 115 Å². The molecule has 0 unspecified atom stereocenters. The standard InChI is InChI=1S/C36H37FN4O4/c1-44-32-16-14-31(15-17-32)39-20-22-40(23-21-39)33-25-41(36(43)38-30-12-10-29(37)11-13-30)19-18-34(33)45-35(42)28-9-5-8-27(24-28)26-6-3-2-4-7-26/h2-17,24,33-34H,18-23,25H2,1H3,(H,38,43)/t33-,34-/m1/s1. The average molecular weight is 609 g/mol. The molecule has 0 bridgehead atoms. The fraction of sp³-hybridized carbons (Fsp3) is 0.278. The molecule has 0 saturated carbocycles. The maximum Gasteiger partial charge on any atom is 0.338 e. The maximum atomic E-state index is 13.5. The predicted octanol–water partition coefficient (Wildman–Crippen LogP) is 6.16. The Bertz CT molecular complexity index is 1590. The Morgan fingerprint density at radius 1 is 0.800 bits per heavy atom. The molecule has 0 aliphatic carbocycles. The topological polar surface area (TPSA) is 74.3 Å². The number of piperidine rings is 1. The molecular formula is C36H37FN4O4. The van der Waals surface area contributed by atoms with Crippen LogP contribution in [0.2, 0.25) is 0 Å². The Balaban J connectivity index is 1.17. The highest BCUT2D eigenvalue weighted by Crippen LogP contribution is 2.27. The molecule has 4 aromatic rings. The van der Waals surface area contributed by atoms with Crippen LogP contribution in [0, 0.1) is 5.82 Å². The third-order valence-electron chi connectivity index (χ3n) is 8.59. The monoisotopic (exact) mass is 608 g/mol. The molecule has 2 fully saturated rings. The second-order valence-corrected chi connectivity index (χ2v) is 11.4. The van der Waals surface area contributed by atoms with Crippen LogP contribution in [0.15, 0.2) is 103 Å². The van der Waals surface area contributed by atoms with E-state index in [1.165, 1.54) is 12.1 Å². The fourth-order valence-electron chi connectivity index (χ4n) is 6.09. The van der Waals surface area contributed by atoms with E-state index in [0.717, 1.165) is 48.7 Å². The third kappa shape index (κ3) is 7.26. The second kappa shape index (κ2) is 13.8. The van der Waals surface area contributed by atoms with E-state index in [2.05, 4.69) is 27.2 Å². The minimum absolute atomic E-state index is 0.183. The van der Waals surface area contributed by atoms with Gasteiger partial charge >= 0.3 is 12.0 Å². The number of halogens is 1. The van der Waals surface area contributed by atoms with Crippen LogP contribution in [-0.4, -0.2) is 80.3 Å². The molecule has 0 aromatic heterocycles. The summed E-state index contributed by atoms with van der Waals surface area (Å²) in [7, 11) is 1.66. The zero-order valence-corrected chi connectivity index (χ0v) is 25.3. The third-order valence-corrected chi connectivity index (χ3v) is 8.59. The first kappa shape index (κ1) is 30.1. The summed E-state index contributed by atoms with van der Waals surface area (Å²) in [6, 6.07) is 30.8. The number of benzene rings is 4. The second-order valence-electron chi connectivity index (χ2n) is 11.4. The van der Waals surface area contributed by atoms with Crippen LogP contribution < -0.4 is 15.0 Å². The quantitative estimate of drug-likeness (QED) is 0.254. The number of methoxy groups -OCH3 is 1. The molecule has 1 N–H and O–H groups in total. The van der Waals surface area contributed by atoms with E-state index in [4.69, 9.17) is 9.47 Å². The van der Waals surface area contributed by atoms with Gasteiger partial charge in [-0.25, -0.2) is 14.0 Å². The molecule has 2 atom stereocenters. The summed E-state index contributed by atoms with van der Waals surface area (Å²) < 4.78 is 24.9. The van der Waals surface area contributed by atoms with E-state index in [1.54, 1.807) is 30.2 Å². The first-order valence-electron chi connectivity index (χ1n) is 15.3. The number of hydrogen-bond donors (Lipinski definition) is 1. The Morgan fingerprint density at radius 2 is 1.51 bits per heavy atom. The number of likely N-dealkylation sites (tertiary alicyclic amines) is 1. The SMILES string of the molecule is COc1ccc(N2CCN([C@@H]3CN(C(=O)Nc4ccc(F)cc4)CC[C@H]3OC(=O)c3cccc(-c4ccccc4)c3)CC2)cc1. The van der Waals surface area contributed by atoms with Crippen LogP contribution in [0.25, 0.3) is 11.1 Å². The summed E-state index contributed by atoms with van der Waals surface area (Å²) in [5.41, 5.74) is 4.12. The molecule has 0 spiro atoms. The first-order valence-corrected chi connectivity index (χ1v) is 15.3. The lowest BCUT2D eigenvalue weighted by Crippen LogP contribution is -2.61. The number of nitrogens with one attached hydrogen (secondary N) is 1. The number of carbonyl (C=O) groups is 2. The van der Waals surface area contributed by atoms with Crippen molar-refractivity contribution in [1.82, 2.24) is 9.80 Å². The van der Waals surface area contributed by atoms with Crippen molar-refractivity contribution in [3.8, 4) is 16.9 Å². The number of nitrogens with zero attached hydrogens (tertiary/aromatic N) is 3. The van der Waals surface area contributed by atoms with E-state index in [-0.39, 0.29) is 30.0 Å². The number of ether oxygens (including phenoxy) is 2. The van der Waals surface area contributed by atoms with Crippen molar-refractivity contribution in [2.75, 3.05) is 56.6 Å². The van der Waals surface area contributed by atoms with Gasteiger partial charge in [-0.15, -0.1) is 0 Å². The van der Waals surface area contributed by atoms with Gasteiger partial charge in [-0.1, -0.05) is 42.5 Å². The Morgan fingerprint density at radius 3 is 2.22 bits per heavy atom. The Kier molecular flexibility index (Phi) is 9.26. The number of carbonyl (C=O) groups excluding carboxylic acids is 2. The van der Waals surface area contributed by atoms with Gasteiger partial charge in [0.15, 0.2) is 0 Å². The van der Waals surface area contributed by atoms with Crippen molar-refractivity contribution in [2.45, 2.75) is 18.6 Å². The summed E-state index contributed by atoms with van der Waals surface area (Å²) in [6.45, 7) is 3.92. The van der Waals surface area contributed by atoms with Crippen LogP contribution in [0.3, 0.4) is 0 Å². The number of amides is 2. The van der Waals surface area contributed by atoms with Gasteiger partial charge in [0.1, 0.15) is 17.7 Å². The highest BCUT2D eigenvalue weighted by Gasteiger charge is 2.39. The average Bonchev–Trinajstić information content (AvgIpc) is 3.10. The molecule has 2 saturated heterocycles. The van der Waals surface area contributed by atoms with Crippen LogP contribution in [0.5, 0.6) is 5.75 Å². The van der Waals surface area contributed by atoms with Gasteiger partial charge in [0.05, 0.1) is 18.7 Å². The fourth-order valence-corrected chi connectivity index (χ4v) is 6.09. The van der Waals surface area contributed by atoms with Crippen molar-refractivity contribution >= 4 is 23.4 Å². The molecule has 6 rings (SSSR count). The first-order chi connectivity index (χ1) is 22.0. The van der Waals surface area contributed by atoms with Crippen LogP contribution in [0.4, 0.5) is 20.6 Å². The summed E-state index contributed by atoms with van der Waals surface area (Å²) in [6.07, 6.45) is 0.116. The van der Waals surface area contributed by atoms with Gasteiger partial charge in [-0.3, -0.25) is 4.90 Å². The zero-order chi connectivity index (χ0) is 31.2. The van der Waals surface area contributed by atoms with Gasteiger partial charge in [-0.05, 0) is 71.8 Å². The van der Waals surface area contributed by atoms with Crippen LogP contribution in [0.1, 0.15) is 16.8 Å². The maximum absolute atomic E-state index is 13.5. The molecule has 2 aliphatic heterocycles. The lowest BCUT2D eigenvalue weighted by Gasteiger charge is -2.46. The van der Waals surface area contributed by atoms with Gasteiger partial charge in [0.2, 0.25) is 0 Å². The van der Waals surface area contributed by atoms with Gasteiger partial charge in [-0.2, -0.15) is 0 Å². The highest BCUT2D eigenvalue weighted by atomic mass is 19.1. The number of rotatable bonds is 7. The Labute approximate surface area is 263 Å². The molecule has 232 valence electrons. The molecule has 0 radical (unpaired) electrons. The molecule has 2 amide bonds. The molecule has 2 aliphatic rings. The van der Waals surface area contributed by atoms with E-state index >= 15 is 0 Å². The number of piperazine rings is 1. The largest absolute Gasteiger partial charge is 0.497 e. The smallest absolute Gasteiger partial charge is 0.338 e. The Hall–Kier alpha value is -4.89. The summed E-state index contributed by atoms with van der Waals surface area (Å²) >= 11 is 0. The highest BCUT2D eigenvalue weighted by molar-refractivity contribution is 5.91. The lowest BCUT2D eigenvalue weighted by atomic mass is 9.99. The van der Waals surface area contributed by atoms with E-state index in [1.807, 2.05) is 60.7 Å². The molecule has 45 heavy (non-hydrogen) atoms. The van der Waals surface area contributed by atoms with Gasteiger partial charge in [0, 0.05) is 57.1 Å². The van der Waals surface area contributed by atoms with Crippen molar-refractivity contribution in [1.29, 1.82) is 0 Å². The number of hydrogen-bond acceptors (Lipinski definition) is 6. The molecular weight excluding hydrogens is 571 g/mol. The van der Waals surface area contributed by atoms with Gasteiger partial charge in [0.25, 0.3) is 0 Å². The van der Waals surface area contributed by atoms with Gasteiger partial charge < -0.3 is 24.6 Å².